The van der Waals surface area contributed by atoms with Crippen LogP contribution in [0.2, 0.25) is 0 Å². The summed E-state index contributed by atoms with van der Waals surface area (Å²) in [7, 11) is 0. The summed E-state index contributed by atoms with van der Waals surface area (Å²) in [5.41, 5.74) is 0.677. The Morgan fingerprint density at radius 3 is 2.81 bits per heavy atom. The van der Waals surface area contributed by atoms with E-state index in [-0.39, 0.29) is 0 Å². The molecule has 0 aliphatic rings. The second kappa shape index (κ2) is 3.59. The molecule has 5 heteroatoms. The Balaban J connectivity index is 2.62. The van der Waals surface area contributed by atoms with Crippen molar-refractivity contribution in [1.29, 1.82) is 0 Å². The zero-order valence-corrected chi connectivity index (χ0v) is 10.5. The number of fused-ring (bicyclic) bond motifs is 1. The number of hydrogen-bond acceptors (Lipinski definition) is 2. The van der Waals surface area contributed by atoms with E-state index in [4.69, 9.17) is 5.11 Å². The molecule has 0 amide bonds. The molecule has 0 atom stereocenters. The maximum absolute atomic E-state index is 11.1. The largest absolute Gasteiger partial charge is 0.481 e. The molecule has 0 aliphatic carbocycles. The molecule has 84 valence electrons. The maximum atomic E-state index is 11.1. The Morgan fingerprint density at radius 1 is 1.50 bits per heavy atom. The van der Waals surface area contributed by atoms with E-state index >= 15 is 0 Å². The molecule has 2 rings (SSSR count). The molecule has 2 N–H and O–H groups in total. The van der Waals surface area contributed by atoms with Crippen LogP contribution < -0.4 is 0 Å². The summed E-state index contributed by atoms with van der Waals surface area (Å²) in [5, 5.41) is 16.9. The first-order valence-corrected chi connectivity index (χ1v) is 5.59. The van der Waals surface area contributed by atoms with E-state index in [2.05, 4.69) is 26.1 Å². The first kappa shape index (κ1) is 11.1. The number of carboxylic acids is 1. The fraction of sp³-hybridized carbons (Fsp3) is 0.273. The SMILES string of the molecule is CC(C)(C(=O)O)c1ccc2n[nH]c(Br)c2c1. The van der Waals surface area contributed by atoms with Crippen molar-refractivity contribution in [1.82, 2.24) is 10.2 Å². The van der Waals surface area contributed by atoms with Crippen LogP contribution >= 0.6 is 15.9 Å². The van der Waals surface area contributed by atoms with E-state index in [0.29, 0.717) is 0 Å². The predicted molar refractivity (Wildman–Crippen MR) is 64.5 cm³/mol. The van der Waals surface area contributed by atoms with Gasteiger partial charge in [0.05, 0.1) is 10.9 Å². The van der Waals surface area contributed by atoms with Gasteiger partial charge in [0.2, 0.25) is 0 Å². The van der Waals surface area contributed by atoms with Crippen LogP contribution in [0.25, 0.3) is 10.9 Å². The van der Waals surface area contributed by atoms with Gasteiger partial charge in [-0.15, -0.1) is 0 Å². The van der Waals surface area contributed by atoms with Crippen molar-refractivity contribution in [2.24, 2.45) is 0 Å². The van der Waals surface area contributed by atoms with Crippen LogP contribution in [0.3, 0.4) is 0 Å². The van der Waals surface area contributed by atoms with Crippen LogP contribution in [0, 0.1) is 0 Å². The number of aliphatic carboxylic acids is 1. The number of rotatable bonds is 2. The fourth-order valence-corrected chi connectivity index (χ4v) is 1.90. The topological polar surface area (TPSA) is 66.0 Å². The number of benzene rings is 1. The lowest BCUT2D eigenvalue weighted by molar-refractivity contribution is -0.142. The fourth-order valence-electron chi connectivity index (χ4n) is 1.49. The number of halogens is 1. The third-order valence-electron chi connectivity index (χ3n) is 2.76. The Hall–Kier alpha value is -1.36. The predicted octanol–water partition coefficient (Wildman–Crippen LogP) is 2.69. The highest BCUT2D eigenvalue weighted by Crippen LogP contribution is 2.29. The first-order valence-electron chi connectivity index (χ1n) is 4.80. The molecule has 1 aromatic heterocycles. The van der Waals surface area contributed by atoms with Crippen molar-refractivity contribution < 1.29 is 9.90 Å². The van der Waals surface area contributed by atoms with Gasteiger partial charge in [-0.2, -0.15) is 5.10 Å². The number of H-pyrrole nitrogens is 1. The third kappa shape index (κ3) is 1.61. The smallest absolute Gasteiger partial charge is 0.313 e. The van der Waals surface area contributed by atoms with Crippen molar-refractivity contribution in [2.75, 3.05) is 0 Å². The molecular formula is C11H11BrN2O2. The molecule has 0 spiro atoms. The van der Waals surface area contributed by atoms with E-state index < -0.39 is 11.4 Å². The molecule has 0 fully saturated rings. The summed E-state index contributed by atoms with van der Waals surface area (Å²) in [5.74, 6) is -0.841. The molecule has 16 heavy (non-hydrogen) atoms. The summed E-state index contributed by atoms with van der Waals surface area (Å²) in [4.78, 5) is 11.1. The minimum atomic E-state index is -0.898. The highest BCUT2D eigenvalue weighted by molar-refractivity contribution is 9.10. The normalized spacial score (nSPS) is 11.9. The summed E-state index contributed by atoms with van der Waals surface area (Å²) >= 11 is 3.34. The van der Waals surface area contributed by atoms with Crippen LogP contribution in [0.1, 0.15) is 19.4 Å². The average molecular weight is 283 g/mol. The summed E-state index contributed by atoms with van der Waals surface area (Å²) < 4.78 is 0.769. The van der Waals surface area contributed by atoms with E-state index in [0.717, 1.165) is 21.1 Å². The molecule has 0 unspecified atom stereocenters. The number of hydrogen-bond donors (Lipinski definition) is 2. The van der Waals surface area contributed by atoms with Crippen molar-refractivity contribution in [3.8, 4) is 0 Å². The Bertz CT molecular complexity index is 560. The molecule has 0 radical (unpaired) electrons. The number of aromatic amines is 1. The third-order valence-corrected chi connectivity index (χ3v) is 3.37. The molecule has 0 aliphatic heterocycles. The molecule has 0 saturated heterocycles. The van der Waals surface area contributed by atoms with Crippen LogP contribution in [0.5, 0.6) is 0 Å². The second-order valence-electron chi connectivity index (χ2n) is 4.20. The van der Waals surface area contributed by atoms with Gasteiger partial charge in [-0.1, -0.05) is 6.07 Å². The van der Waals surface area contributed by atoms with Crippen molar-refractivity contribution in [2.45, 2.75) is 19.3 Å². The molecule has 2 aromatic rings. The summed E-state index contributed by atoms with van der Waals surface area (Å²) in [6, 6.07) is 5.46. The van der Waals surface area contributed by atoms with Crippen LogP contribution in [-0.2, 0) is 10.2 Å². The first-order chi connectivity index (χ1) is 7.43. The Kier molecular flexibility index (Phi) is 2.50. The van der Waals surface area contributed by atoms with Crippen molar-refractivity contribution in [3.05, 3.63) is 28.4 Å². The van der Waals surface area contributed by atoms with Gasteiger partial charge in [-0.3, -0.25) is 9.89 Å². The van der Waals surface area contributed by atoms with E-state index in [1.54, 1.807) is 19.9 Å². The van der Waals surface area contributed by atoms with Gasteiger partial charge in [-0.25, -0.2) is 0 Å². The van der Waals surface area contributed by atoms with Gasteiger partial charge in [0.1, 0.15) is 4.60 Å². The number of carboxylic acid groups (broad SMARTS) is 1. The summed E-state index contributed by atoms with van der Waals surface area (Å²) in [6.45, 7) is 3.37. The van der Waals surface area contributed by atoms with Gasteiger partial charge in [-0.05, 0) is 47.5 Å². The van der Waals surface area contributed by atoms with Crippen LogP contribution in [0.4, 0.5) is 0 Å². The quantitative estimate of drug-likeness (QED) is 0.890. The van der Waals surface area contributed by atoms with Crippen LogP contribution in [0.15, 0.2) is 22.8 Å². The zero-order valence-electron chi connectivity index (χ0n) is 8.91. The second-order valence-corrected chi connectivity index (χ2v) is 4.99. The number of carbonyl (C=O) groups is 1. The van der Waals surface area contributed by atoms with Gasteiger partial charge >= 0.3 is 5.97 Å². The van der Waals surface area contributed by atoms with Gasteiger partial charge in [0.15, 0.2) is 0 Å². The maximum Gasteiger partial charge on any atom is 0.313 e. The minimum Gasteiger partial charge on any atom is -0.481 e. The van der Waals surface area contributed by atoms with Crippen LogP contribution in [-0.4, -0.2) is 21.3 Å². The van der Waals surface area contributed by atoms with E-state index in [1.165, 1.54) is 0 Å². The Labute approximate surface area is 101 Å². The highest BCUT2D eigenvalue weighted by atomic mass is 79.9. The summed E-state index contributed by atoms with van der Waals surface area (Å²) in [6.07, 6.45) is 0. The lowest BCUT2D eigenvalue weighted by Crippen LogP contribution is -2.28. The molecular weight excluding hydrogens is 272 g/mol. The van der Waals surface area contributed by atoms with E-state index in [9.17, 15) is 4.79 Å². The zero-order chi connectivity index (χ0) is 11.9. The molecule has 0 bridgehead atoms. The number of aromatic nitrogens is 2. The number of nitrogens with one attached hydrogen (secondary N) is 1. The standard InChI is InChI=1S/C11H11BrN2O2/c1-11(2,10(15)16)6-3-4-8-7(5-6)9(12)14-13-8/h3-5H,1-2H3,(H,13,14)(H,15,16). The van der Waals surface area contributed by atoms with Crippen molar-refractivity contribution in [3.63, 3.8) is 0 Å². The number of nitrogens with zero attached hydrogens (tertiary/aromatic N) is 1. The van der Waals surface area contributed by atoms with Gasteiger partial charge in [0.25, 0.3) is 0 Å². The monoisotopic (exact) mass is 282 g/mol. The average Bonchev–Trinajstić information content (AvgIpc) is 2.60. The van der Waals surface area contributed by atoms with E-state index in [1.807, 2.05) is 12.1 Å². The minimum absolute atomic E-state index is 0.759. The Morgan fingerprint density at radius 2 is 2.19 bits per heavy atom. The highest BCUT2D eigenvalue weighted by Gasteiger charge is 2.29. The van der Waals surface area contributed by atoms with Crippen molar-refractivity contribution >= 4 is 32.8 Å². The molecule has 1 aromatic carbocycles. The van der Waals surface area contributed by atoms with Gasteiger partial charge < -0.3 is 5.11 Å². The lowest BCUT2D eigenvalue weighted by atomic mass is 9.84. The molecule has 0 saturated carbocycles. The lowest BCUT2D eigenvalue weighted by Gasteiger charge is -2.19. The molecule has 1 heterocycles. The molecule has 4 nitrogen and oxygen atoms in total. The van der Waals surface area contributed by atoms with Gasteiger partial charge in [0, 0.05) is 5.39 Å².